The molecule has 2 heteroatoms. The van der Waals surface area contributed by atoms with Crippen LogP contribution in [0.2, 0.25) is 0 Å². The highest BCUT2D eigenvalue weighted by molar-refractivity contribution is 6.18. The first-order valence-corrected chi connectivity index (χ1v) is 24.5. The second-order valence-corrected chi connectivity index (χ2v) is 18.7. The molecular weight excluding hydrogens is 859 g/mol. The Bertz CT molecular complexity index is 4120. The van der Waals surface area contributed by atoms with Crippen LogP contribution in [0.15, 0.2) is 277 Å². The van der Waals surface area contributed by atoms with E-state index in [1.165, 1.54) is 71.6 Å². The molecule has 0 atom stereocenters. The van der Waals surface area contributed by atoms with Crippen LogP contribution in [0.4, 0.5) is 17.1 Å². The fraction of sp³-hybridized carbons (Fsp3) is 0.0145. The largest absolute Gasteiger partial charge is 0.455 e. The zero-order valence-electron chi connectivity index (χ0n) is 38.8. The summed E-state index contributed by atoms with van der Waals surface area (Å²) >= 11 is 0. The van der Waals surface area contributed by atoms with Gasteiger partial charge in [0.2, 0.25) is 0 Å². The number of para-hydroxylation sites is 1. The van der Waals surface area contributed by atoms with E-state index in [4.69, 9.17) is 4.42 Å². The number of rotatable bonds is 8. The number of anilines is 3. The Balaban J connectivity index is 0.997. The maximum Gasteiger partial charge on any atom is 0.145 e. The molecule has 0 amide bonds. The van der Waals surface area contributed by atoms with Gasteiger partial charge in [0.25, 0.3) is 0 Å². The Morgan fingerprint density at radius 1 is 0.310 bits per heavy atom. The van der Waals surface area contributed by atoms with Crippen molar-refractivity contribution in [2.45, 2.75) is 5.41 Å². The van der Waals surface area contributed by atoms with Crippen LogP contribution in [0.25, 0.3) is 88.0 Å². The zero-order valence-corrected chi connectivity index (χ0v) is 38.8. The van der Waals surface area contributed by atoms with Gasteiger partial charge in [0.15, 0.2) is 0 Å². The van der Waals surface area contributed by atoms with Gasteiger partial charge in [-0.1, -0.05) is 218 Å². The number of nitrogens with zero attached hydrogens (tertiary/aromatic N) is 1. The summed E-state index contributed by atoms with van der Waals surface area (Å²) in [6.45, 7) is 0. The maximum atomic E-state index is 7.04. The van der Waals surface area contributed by atoms with Crippen molar-refractivity contribution in [1.29, 1.82) is 0 Å². The van der Waals surface area contributed by atoms with Crippen LogP contribution in [0, 0.1) is 0 Å². The minimum Gasteiger partial charge on any atom is -0.455 e. The van der Waals surface area contributed by atoms with Gasteiger partial charge in [0.05, 0.1) is 16.5 Å². The van der Waals surface area contributed by atoms with Crippen LogP contribution in [0.5, 0.6) is 0 Å². The van der Waals surface area contributed by atoms with Crippen molar-refractivity contribution in [3.8, 4) is 44.5 Å². The molecular formula is C69H45NO. The first-order chi connectivity index (χ1) is 35.2. The van der Waals surface area contributed by atoms with E-state index in [1.54, 1.807) is 0 Å². The summed E-state index contributed by atoms with van der Waals surface area (Å²) in [5, 5.41) is 7.02. The summed E-state index contributed by atoms with van der Waals surface area (Å²) in [6, 6.07) is 99.8. The average molecular weight is 904 g/mol. The molecule has 71 heavy (non-hydrogen) atoms. The first kappa shape index (κ1) is 40.8. The van der Waals surface area contributed by atoms with Crippen molar-refractivity contribution in [2.75, 3.05) is 4.90 Å². The van der Waals surface area contributed by atoms with Crippen LogP contribution in [0.1, 0.15) is 22.3 Å². The summed E-state index contributed by atoms with van der Waals surface area (Å²) in [7, 11) is 0. The zero-order chi connectivity index (χ0) is 46.9. The standard InChI is InChI=1S/C69H45NO/c1-3-23-53(24-4-1)69(54-25-5-2-6-26-54)63-31-13-11-28-59(63)60-40-39-56(45-64(60)69)70(55-37-35-47(36-38-55)50-21-15-22-51(43-50)52-34-33-46-17-7-8-19-49(46)44-52)65-42-41-61(58-30-16-20-48-18-9-10-27-57(48)58)68-67(65)62-29-12-14-32-66(62)71-68/h1-45H. The second-order valence-electron chi connectivity index (χ2n) is 18.7. The molecule has 0 bridgehead atoms. The molecule has 0 radical (unpaired) electrons. The van der Waals surface area contributed by atoms with Crippen LogP contribution in [-0.4, -0.2) is 0 Å². The van der Waals surface area contributed by atoms with Crippen LogP contribution < -0.4 is 4.90 Å². The highest BCUT2D eigenvalue weighted by Crippen LogP contribution is 2.58. The van der Waals surface area contributed by atoms with Crippen LogP contribution in [-0.2, 0) is 5.41 Å². The Morgan fingerprint density at radius 2 is 0.873 bits per heavy atom. The molecule has 0 spiro atoms. The van der Waals surface area contributed by atoms with E-state index in [-0.39, 0.29) is 0 Å². The van der Waals surface area contributed by atoms with Crippen molar-refractivity contribution in [3.63, 3.8) is 0 Å². The molecule has 12 aromatic carbocycles. The quantitative estimate of drug-likeness (QED) is 0.151. The molecule has 14 rings (SSSR count). The van der Waals surface area contributed by atoms with Gasteiger partial charge in [-0.2, -0.15) is 0 Å². The third-order valence-corrected chi connectivity index (χ3v) is 14.9. The molecule has 1 heterocycles. The van der Waals surface area contributed by atoms with Gasteiger partial charge in [-0.15, -0.1) is 0 Å². The van der Waals surface area contributed by atoms with E-state index in [2.05, 4.69) is 278 Å². The monoisotopic (exact) mass is 903 g/mol. The van der Waals surface area contributed by atoms with Crippen LogP contribution in [0.3, 0.4) is 0 Å². The molecule has 0 N–H and O–H groups in total. The summed E-state index contributed by atoms with van der Waals surface area (Å²) < 4.78 is 7.04. The Kier molecular flexibility index (Phi) is 9.47. The molecule has 1 aromatic heterocycles. The first-order valence-electron chi connectivity index (χ1n) is 24.5. The number of benzene rings is 12. The molecule has 0 aliphatic heterocycles. The third-order valence-electron chi connectivity index (χ3n) is 14.9. The third kappa shape index (κ3) is 6.49. The number of furan rings is 1. The lowest BCUT2D eigenvalue weighted by Gasteiger charge is -2.35. The van der Waals surface area contributed by atoms with Gasteiger partial charge < -0.3 is 9.32 Å². The lowest BCUT2D eigenvalue weighted by molar-refractivity contribution is 0.670. The van der Waals surface area contributed by atoms with Crippen molar-refractivity contribution in [2.24, 2.45) is 0 Å². The molecule has 1 aliphatic rings. The summed E-state index contributed by atoms with van der Waals surface area (Å²) in [4.78, 5) is 2.45. The minimum absolute atomic E-state index is 0.564. The van der Waals surface area contributed by atoms with E-state index in [9.17, 15) is 0 Å². The summed E-state index contributed by atoms with van der Waals surface area (Å²) in [5.74, 6) is 0. The lowest BCUT2D eigenvalue weighted by atomic mass is 9.67. The van der Waals surface area contributed by atoms with E-state index >= 15 is 0 Å². The number of hydrogen-bond donors (Lipinski definition) is 0. The highest BCUT2D eigenvalue weighted by atomic mass is 16.3. The molecule has 1 aliphatic carbocycles. The van der Waals surface area contributed by atoms with Crippen molar-refractivity contribution in [1.82, 2.24) is 0 Å². The predicted octanol–water partition coefficient (Wildman–Crippen LogP) is 18.7. The fourth-order valence-electron chi connectivity index (χ4n) is 11.7. The van der Waals surface area contributed by atoms with E-state index < -0.39 is 5.41 Å². The molecule has 0 fully saturated rings. The SMILES string of the molecule is c1ccc(C2(c3ccccc3)c3ccccc3-c3ccc(N(c4ccc(-c5cccc(-c6ccc7ccccc7c6)c5)cc4)c4ccc(-c5cccc6ccccc56)c5oc6ccccc6c45)cc32)cc1. The van der Waals surface area contributed by atoms with E-state index in [0.717, 1.165) is 55.7 Å². The lowest BCUT2D eigenvalue weighted by Crippen LogP contribution is -2.28. The maximum absolute atomic E-state index is 7.04. The van der Waals surface area contributed by atoms with Crippen molar-refractivity contribution >= 4 is 60.5 Å². The Morgan fingerprint density at radius 3 is 1.68 bits per heavy atom. The Hall–Kier alpha value is -9.24. The van der Waals surface area contributed by atoms with Gasteiger partial charge in [-0.25, -0.2) is 0 Å². The van der Waals surface area contributed by atoms with Gasteiger partial charge in [-0.3, -0.25) is 0 Å². The van der Waals surface area contributed by atoms with Gasteiger partial charge >= 0.3 is 0 Å². The Labute approximate surface area is 413 Å². The predicted molar refractivity (Wildman–Crippen MR) is 297 cm³/mol. The van der Waals surface area contributed by atoms with E-state index in [1.807, 2.05) is 0 Å². The van der Waals surface area contributed by atoms with Crippen molar-refractivity contribution < 1.29 is 4.42 Å². The normalized spacial score (nSPS) is 12.6. The molecule has 13 aromatic rings. The van der Waals surface area contributed by atoms with Gasteiger partial charge in [0, 0.05) is 22.3 Å². The smallest absolute Gasteiger partial charge is 0.145 e. The number of fused-ring (bicyclic) bond motifs is 8. The molecule has 0 saturated carbocycles. The topological polar surface area (TPSA) is 16.4 Å². The molecule has 0 unspecified atom stereocenters. The number of hydrogen-bond acceptors (Lipinski definition) is 2. The molecule has 332 valence electrons. The van der Waals surface area contributed by atoms with Crippen molar-refractivity contribution in [3.05, 3.63) is 295 Å². The minimum atomic E-state index is -0.564. The second kappa shape index (κ2) is 16.5. The van der Waals surface area contributed by atoms with E-state index in [0.29, 0.717) is 0 Å². The molecule has 0 saturated heterocycles. The van der Waals surface area contributed by atoms with Gasteiger partial charge in [-0.05, 0) is 137 Å². The summed E-state index contributed by atoms with van der Waals surface area (Å²) in [5.41, 5.74) is 18.7. The molecule has 2 nitrogen and oxygen atoms in total. The summed E-state index contributed by atoms with van der Waals surface area (Å²) in [6.07, 6.45) is 0. The fourth-order valence-corrected chi connectivity index (χ4v) is 11.7. The van der Waals surface area contributed by atoms with Crippen LogP contribution >= 0.6 is 0 Å². The average Bonchev–Trinajstić information content (AvgIpc) is 3.98. The highest BCUT2D eigenvalue weighted by Gasteiger charge is 2.46. The van der Waals surface area contributed by atoms with Gasteiger partial charge in [0.1, 0.15) is 11.2 Å².